The third-order valence-corrected chi connectivity index (χ3v) is 1.66. The van der Waals surface area contributed by atoms with Crippen molar-refractivity contribution in [2.45, 2.75) is 6.92 Å². The molecule has 0 saturated carbocycles. The Balaban J connectivity index is 2.77. The summed E-state index contributed by atoms with van der Waals surface area (Å²) in [5.74, 6) is 0. The highest BCUT2D eigenvalue weighted by Crippen LogP contribution is 2.07. The molecule has 0 fully saturated rings. The summed E-state index contributed by atoms with van der Waals surface area (Å²) >= 11 is 0.515. The Kier molecular flexibility index (Phi) is 3.45. The molecule has 12 heavy (non-hydrogen) atoms. The Labute approximate surface area is 74.9 Å². The van der Waals surface area contributed by atoms with Gasteiger partial charge in [-0.2, -0.15) is 4.99 Å². The molecule has 0 amide bonds. The zero-order valence-corrected chi connectivity index (χ0v) is 7.58. The second-order valence-electron chi connectivity index (χ2n) is 2.18. The Hall–Kier alpha value is -1.18. The molecule has 0 atom stereocenters. The number of hydrogen-bond donors (Lipinski definition) is 1. The van der Waals surface area contributed by atoms with Gasteiger partial charge in [0.15, 0.2) is 5.12 Å². The van der Waals surface area contributed by atoms with Crippen molar-refractivity contribution in [1.29, 1.82) is 0 Å². The van der Waals surface area contributed by atoms with Crippen molar-refractivity contribution < 1.29 is 4.79 Å². The zero-order chi connectivity index (χ0) is 8.81. The van der Waals surface area contributed by atoms with Gasteiger partial charge in [-0.3, -0.25) is 4.79 Å². The lowest BCUT2D eigenvalue weighted by atomic mass is 10.3. The Morgan fingerprint density at radius 1 is 1.42 bits per heavy atom. The third kappa shape index (κ3) is 3.28. The maximum Gasteiger partial charge on any atom is 0.185 e. The van der Waals surface area contributed by atoms with E-state index >= 15 is 0 Å². The molecule has 0 radical (unpaired) electrons. The van der Waals surface area contributed by atoms with Crippen LogP contribution < -0.4 is 0 Å². The van der Waals surface area contributed by atoms with Gasteiger partial charge in [-0.15, -0.1) is 0 Å². The SMILES string of the molecule is CC(=O)[SH]=C=Nc1ccccc1. The molecule has 62 valence electrons. The van der Waals surface area contributed by atoms with Gasteiger partial charge in [-0.1, -0.05) is 29.6 Å². The van der Waals surface area contributed by atoms with Gasteiger partial charge in [0.25, 0.3) is 0 Å². The summed E-state index contributed by atoms with van der Waals surface area (Å²) in [7, 11) is 0. The molecule has 0 bridgehead atoms. The molecule has 0 aromatic heterocycles. The number of carbonyl (C=O) groups is 1. The van der Waals surface area contributed by atoms with Gasteiger partial charge in [0.1, 0.15) is 0 Å². The summed E-state index contributed by atoms with van der Waals surface area (Å²) in [4.78, 5) is 14.5. The van der Waals surface area contributed by atoms with E-state index in [0.717, 1.165) is 5.69 Å². The Morgan fingerprint density at radius 2 is 2.08 bits per heavy atom. The first-order valence-electron chi connectivity index (χ1n) is 3.51. The minimum Gasteiger partial charge on any atom is -0.288 e. The number of aliphatic imine (C=N–C) groups is 1. The monoisotopic (exact) mass is 179 g/mol. The molecule has 2 nitrogen and oxygen atoms in total. The molecule has 0 spiro atoms. The van der Waals surface area contributed by atoms with E-state index in [1.807, 2.05) is 30.3 Å². The van der Waals surface area contributed by atoms with E-state index in [0.29, 0.717) is 11.4 Å². The molecule has 0 unspecified atom stereocenters. The fourth-order valence-electron chi connectivity index (χ4n) is 0.656. The molecule has 1 aromatic rings. The molecule has 0 aliphatic heterocycles. The Bertz CT molecular complexity index is 326. The van der Waals surface area contributed by atoms with Crippen molar-refractivity contribution in [2.75, 3.05) is 0 Å². The van der Waals surface area contributed by atoms with Gasteiger partial charge >= 0.3 is 0 Å². The highest BCUT2D eigenvalue weighted by Gasteiger charge is 1.81. The normalized spacial score (nSPS) is 8.75. The van der Waals surface area contributed by atoms with Crippen LogP contribution >= 0.6 is 11.4 Å². The van der Waals surface area contributed by atoms with E-state index in [9.17, 15) is 4.79 Å². The van der Waals surface area contributed by atoms with Crippen molar-refractivity contribution in [3.05, 3.63) is 30.3 Å². The molecular weight excluding hydrogens is 170 g/mol. The van der Waals surface area contributed by atoms with Crippen molar-refractivity contribution in [3.63, 3.8) is 0 Å². The number of rotatable bonds is 1. The molecule has 0 aliphatic carbocycles. The number of hydrogen-bond acceptors (Lipinski definition) is 2. The van der Waals surface area contributed by atoms with Crippen LogP contribution in [0, 0.1) is 0 Å². The van der Waals surface area contributed by atoms with Crippen molar-refractivity contribution in [1.82, 2.24) is 0 Å². The molecule has 0 heterocycles. The average Bonchev–Trinajstić information content (AvgIpc) is 2.05. The lowest BCUT2D eigenvalue weighted by Gasteiger charge is -1.85. The third-order valence-electron chi connectivity index (χ3n) is 1.14. The van der Waals surface area contributed by atoms with Gasteiger partial charge in [0.05, 0.1) is 5.69 Å². The zero-order valence-electron chi connectivity index (χ0n) is 6.69. The summed E-state index contributed by atoms with van der Waals surface area (Å²) in [5.41, 5.74) is 0.825. The van der Waals surface area contributed by atoms with Gasteiger partial charge < -0.3 is 0 Å². The molecule has 0 N–H and O–H groups in total. The van der Waals surface area contributed by atoms with Crippen LogP contribution in [0.25, 0.3) is 0 Å². The van der Waals surface area contributed by atoms with Crippen molar-refractivity contribution >= 4 is 27.3 Å². The number of isothiocyanates is 1. The van der Waals surface area contributed by atoms with E-state index in [4.69, 9.17) is 0 Å². The minimum atomic E-state index is 0.0506. The maximum atomic E-state index is 10.5. The quantitative estimate of drug-likeness (QED) is 0.400. The van der Waals surface area contributed by atoms with E-state index in [-0.39, 0.29) is 5.12 Å². The van der Waals surface area contributed by atoms with Crippen LogP contribution in [0.5, 0.6) is 0 Å². The number of thiol groups is 1. The van der Waals surface area contributed by atoms with Gasteiger partial charge in [-0.25, -0.2) is 0 Å². The van der Waals surface area contributed by atoms with Crippen LogP contribution in [0.1, 0.15) is 6.92 Å². The molecule has 1 aromatic carbocycles. The Morgan fingerprint density at radius 3 is 2.67 bits per heavy atom. The van der Waals surface area contributed by atoms with Crippen LogP contribution in [-0.2, 0) is 4.79 Å². The summed E-state index contributed by atoms with van der Waals surface area (Å²) in [5, 5.41) is 2.70. The minimum absolute atomic E-state index is 0.0506. The lowest BCUT2D eigenvalue weighted by Crippen LogP contribution is -1.70. The maximum absolute atomic E-state index is 10.5. The first-order chi connectivity index (χ1) is 5.79. The van der Waals surface area contributed by atoms with Gasteiger partial charge in [0, 0.05) is 12.1 Å². The van der Waals surface area contributed by atoms with Crippen molar-refractivity contribution in [3.8, 4) is 0 Å². The largest absolute Gasteiger partial charge is 0.288 e. The predicted octanol–water partition coefficient (Wildman–Crippen LogP) is 2.24. The molecule has 0 aliphatic rings. The molecule has 1 rings (SSSR count). The van der Waals surface area contributed by atoms with Crippen LogP contribution in [0.3, 0.4) is 0 Å². The van der Waals surface area contributed by atoms with Gasteiger partial charge in [-0.05, 0) is 12.1 Å². The molecule has 3 heteroatoms. The predicted molar refractivity (Wildman–Crippen MR) is 53.2 cm³/mol. The fraction of sp³-hybridized carbons (Fsp3) is 0.111. The lowest BCUT2D eigenvalue weighted by molar-refractivity contribution is -0.109. The molecular formula is C9H9NOS. The van der Waals surface area contributed by atoms with E-state index in [1.165, 1.54) is 6.92 Å². The summed E-state index contributed by atoms with van der Waals surface area (Å²) < 4.78 is 0. The first kappa shape index (κ1) is 8.91. The highest BCUT2D eigenvalue weighted by molar-refractivity contribution is 8.11. The first-order valence-corrected chi connectivity index (χ1v) is 4.40. The number of para-hydroxylation sites is 1. The summed E-state index contributed by atoms with van der Waals surface area (Å²) in [6, 6.07) is 9.43. The van der Waals surface area contributed by atoms with E-state index < -0.39 is 0 Å². The van der Waals surface area contributed by atoms with Crippen LogP contribution in [0.4, 0.5) is 5.69 Å². The smallest absolute Gasteiger partial charge is 0.185 e. The standard InChI is InChI=1S/C9H9NOS/c1-8(11)12-7-10-9-5-3-2-4-6-9/h2-6,12H,1H3. The topological polar surface area (TPSA) is 29.4 Å². The van der Waals surface area contributed by atoms with Crippen molar-refractivity contribution in [2.24, 2.45) is 4.99 Å². The number of nitrogens with zero attached hydrogens (tertiary/aromatic N) is 1. The van der Waals surface area contributed by atoms with Gasteiger partial charge in [0.2, 0.25) is 0 Å². The van der Waals surface area contributed by atoms with Crippen LogP contribution in [0.15, 0.2) is 35.3 Å². The number of benzene rings is 1. The molecule has 0 saturated heterocycles. The fourth-order valence-corrected chi connectivity index (χ4v) is 0.962. The average molecular weight is 179 g/mol. The van der Waals surface area contributed by atoms with Crippen LogP contribution in [0.2, 0.25) is 0 Å². The summed E-state index contributed by atoms with van der Waals surface area (Å²) in [6.45, 7) is 1.51. The summed E-state index contributed by atoms with van der Waals surface area (Å²) in [6.07, 6.45) is 0. The second kappa shape index (κ2) is 4.65. The highest BCUT2D eigenvalue weighted by atomic mass is 32.1. The van der Waals surface area contributed by atoms with E-state index in [2.05, 4.69) is 10.2 Å². The van der Waals surface area contributed by atoms with E-state index in [1.54, 1.807) is 0 Å². The number of carbonyl (C=O) groups excluding carboxylic acids is 1. The van der Waals surface area contributed by atoms with Crippen LogP contribution in [-0.4, -0.2) is 10.3 Å². The second-order valence-corrected chi connectivity index (χ2v) is 3.23.